The molecule has 0 aromatic carbocycles. The van der Waals surface area contributed by atoms with E-state index in [2.05, 4.69) is 4.98 Å². The van der Waals surface area contributed by atoms with Gasteiger partial charge in [-0.3, -0.25) is 4.79 Å². The smallest absolute Gasteiger partial charge is 0.339 e. The van der Waals surface area contributed by atoms with Gasteiger partial charge in [-0.25, -0.2) is 18.2 Å². The molecule has 3 aliphatic rings. The zero-order valence-corrected chi connectivity index (χ0v) is 19.2. The van der Waals surface area contributed by atoms with Crippen LogP contribution in [0.4, 0.5) is 5.82 Å². The minimum atomic E-state index is -3.89. The first-order valence-electron chi connectivity index (χ1n) is 11.1. The number of sulfonamides is 1. The summed E-state index contributed by atoms with van der Waals surface area (Å²) in [5.41, 5.74) is 0.0816. The number of aromatic nitrogens is 1. The lowest BCUT2D eigenvalue weighted by molar-refractivity contribution is -0.135. The molecule has 11 heteroatoms. The minimum Gasteiger partial charge on any atom is -0.465 e. The largest absolute Gasteiger partial charge is 0.465 e. The third-order valence-electron chi connectivity index (χ3n) is 6.44. The van der Waals surface area contributed by atoms with Gasteiger partial charge in [-0.2, -0.15) is 4.31 Å². The van der Waals surface area contributed by atoms with E-state index in [4.69, 9.17) is 9.47 Å². The molecule has 1 aromatic heterocycles. The molecule has 1 aliphatic carbocycles. The van der Waals surface area contributed by atoms with Crippen molar-refractivity contribution in [2.75, 3.05) is 64.5 Å². The Morgan fingerprint density at radius 2 is 1.72 bits per heavy atom. The number of nitrogens with zero attached hydrogens (tertiary/aromatic N) is 4. The number of morpholine rings is 1. The summed E-state index contributed by atoms with van der Waals surface area (Å²) in [6.45, 7) is 3.13. The zero-order chi connectivity index (χ0) is 22.7. The van der Waals surface area contributed by atoms with Crippen molar-refractivity contribution in [3.63, 3.8) is 0 Å². The highest BCUT2D eigenvalue weighted by Gasteiger charge is 2.34. The molecule has 0 atom stereocenters. The summed E-state index contributed by atoms with van der Waals surface area (Å²) in [4.78, 5) is 32.9. The van der Waals surface area contributed by atoms with E-state index < -0.39 is 16.0 Å². The van der Waals surface area contributed by atoms with Crippen LogP contribution in [0.3, 0.4) is 0 Å². The zero-order valence-electron chi connectivity index (χ0n) is 18.4. The first kappa shape index (κ1) is 22.9. The van der Waals surface area contributed by atoms with Gasteiger partial charge in [0.25, 0.3) is 0 Å². The lowest BCUT2D eigenvalue weighted by Gasteiger charge is -2.37. The second-order valence-corrected chi connectivity index (χ2v) is 10.3. The number of piperazine rings is 1. The molecule has 1 saturated carbocycles. The number of hydrogen-bond acceptors (Lipinski definition) is 8. The molecule has 32 heavy (non-hydrogen) atoms. The van der Waals surface area contributed by atoms with Gasteiger partial charge in [-0.1, -0.05) is 12.8 Å². The van der Waals surface area contributed by atoms with Crippen molar-refractivity contribution in [3.8, 4) is 0 Å². The van der Waals surface area contributed by atoms with Gasteiger partial charge in [-0.05, 0) is 18.9 Å². The Bertz CT molecular complexity index is 949. The van der Waals surface area contributed by atoms with Crippen LogP contribution in [0.5, 0.6) is 0 Å². The molecule has 176 valence electrons. The first-order valence-corrected chi connectivity index (χ1v) is 12.6. The molecule has 3 fully saturated rings. The van der Waals surface area contributed by atoms with Crippen molar-refractivity contribution < 1.29 is 27.5 Å². The number of carbonyl (C=O) groups excluding carboxylic acids is 2. The van der Waals surface area contributed by atoms with Crippen LogP contribution in [0.25, 0.3) is 0 Å². The number of esters is 1. The molecule has 4 rings (SSSR count). The molecule has 0 bridgehead atoms. The summed E-state index contributed by atoms with van der Waals surface area (Å²) in [6.07, 6.45) is 5.47. The van der Waals surface area contributed by atoms with Crippen LogP contribution in [-0.4, -0.2) is 94.1 Å². The minimum absolute atomic E-state index is 0.0159. The van der Waals surface area contributed by atoms with Crippen molar-refractivity contribution in [1.29, 1.82) is 0 Å². The normalized spacial score (nSPS) is 21.0. The lowest BCUT2D eigenvalue weighted by Crippen LogP contribution is -2.51. The molecule has 2 aliphatic heterocycles. The Kier molecular flexibility index (Phi) is 6.96. The maximum Gasteiger partial charge on any atom is 0.339 e. The maximum absolute atomic E-state index is 13.4. The quantitative estimate of drug-likeness (QED) is 0.584. The fourth-order valence-corrected chi connectivity index (χ4v) is 6.19. The molecule has 3 heterocycles. The number of rotatable bonds is 5. The summed E-state index contributed by atoms with van der Waals surface area (Å²) in [7, 11) is -2.65. The number of anilines is 1. The second-order valence-electron chi connectivity index (χ2n) is 8.35. The van der Waals surface area contributed by atoms with Gasteiger partial charge < -0.3 is 19.3 Å². The summed E-state index contributed by atoms with van der Waals surface area (Å²) >= 11 is 0. The second kappa shape index (κ2) is 9.72. The topological polar surface area (TPSA) is 109 Å². The van der Waals surface area contributed by atoms with Crippen molar-refractivity contribution in [1.82, 2.24) is 14.2 Å². The summed E-state index contributed by atoms with van der Waals surface area (Å²) in [6, 6.07) is 1.34. The van der Waals surface area contributed by atoms with Gasteiger partial charge in [-0.15, -0.1) is 0 Å². The highest BCUT2D eigenvalue weighted by atomic mass is 32.2. The van der Waals surface area contributed by atoms with Crippen molar-refractivity contribution in [2.24, 2.45) is 5.92 Å². The Morgan fingerprint density at radius 1 is 1.06 bits per heavy atom. The highest BCUT2D eigenvalue weighted by molar-refractivity contribution is 7.89. The Hall–Kier alpha value is -2.24. The van der Waals surface area contributed by atoms with Crippen LogP contribution in [0.15, 0.2) is 17.2 Å². The molecule has 1 aromatic rings. The summed E-state index contributed by atoms with van der Waals surface area (Å²) < 4.78 is 38.3. The molecular weight excluding hydrogens is 436 g/mol. The van der Waals surface area contributed by atoms with Crippen LogP contribution < -0.4 is 4.90 Å². The average molecular weight is 467 g/mol. The maximum atomic E-state index is 13.4. The number of carbonyl (C=O) groups is 2. The van der Waals surface area contributed by atoms with E-state index in [1.54, 1.807) is 0 Å². The number of pyridine rings is 1. The van der Waals surface area contributed by atoms with Crippen LogP contribution in [0.1, 0.15) is 36.0 Å². The number of ether oxygens (including phenoxy) is 2. The summed E-state index contributed by atoms with van der Waals surface area (Å²) in [5.74, 6) is -0.0137. The van der Waals surface area contributed by atoms with E-state index in [0.29, 0.717) is 45.2 Å². The fraction of sp³-hybridized carbons (Fsp3) is 0.667. The predicted octanol–water partition coefficient (Wildman–Crippen LogP) is 0.728. The summed E-state index contributed by atoms with van der Waals surface area (Å²) in [5, 5.41) is 0. The van der Waals surface area contributed by atoms with Crippen LogP contribution >= 0.6 is 0 Å². The van der Waals surface area contributed by atoms with E-state index in [-0.39, 0.29) is 35.4 Å². The SMILES string of the molecule is COC(=O)c1cnc(N2CCN(C(=O)C3CCCC3)CC2)c(S(=O)(=O)N2CCOCC2)c1. The monoisotopic (exact) mass is 466 g/mol. The molecule has 0 radical (unpaired) electrons. The highest BCUT2D eigenvalue weighted by Crippen LogP contribution is 2.30. The first-order chi connectivity index (χ1) is 15.4. The van der Waals surface area contributed by atoms with E-state index in [9.17, 15) is 18.0 Å². The van der Waals surface area contributed by atoms with Crippen molar-refractivity contribution in [2.45, 2.75) is 30.6 Å². The van der Waals surface area contributed by atoms with Gasteiger partial charge in [0.1, 0.15) is 10.7 Å². The van der Waals surface area contributed by atoms with E-state index in [0.717, 1.165) is 25.7 Å². The number of methoxy groups -OCH3 is 1. The Morgan fingerprint density at radius 3 is 2.34 bits per heavy atom. The van der Waals surface area contributed by atoms with Crippen LogP contribution in [-0.2, 0) is 24.3 Å². The predicted molar refractivity (Wildman–Crippen MR) is 116 cm³/mol. The van der Waals surface area contributed by atoms with Crippen LogP contribution in [0, 0.1) is 5.92 Å². The van der Waals surface area contributed by atoms with Gasteiger partial charge in [0, 0.05) is 51.4 Å². The average Bonchev–Trinajstić information content (AvgIpc) is 3.38. The van der Waals surface area contributed by atoms with Crippen LogP contribution in [0.2, 0.25) is 0 Å². The number of amides is 1. The molecular formula is C21H30N4O6S. The lowest BCUT2D eigenvalue weighted by atomic mass is 10.1. The van der Waals surface area contributed by atoms with Crippen molar-refractivity contribution >= 4 is 27.7 Å². The van der Waals surface area contributed by atoms with Crippen molar-refractivity contribution in [3.05, 3.63) is 17.8 Å². The molecule has 0 spiro atoms. The van der Waals surface area contributed by atoms with Gasteiger partial charge in [0.15, 0.2) is 0 Å². The molecule has 10 nitrogen and oxygen atoms in total. The van der Waals surface area contributed by atoms with Gasteiger partial charge >= 0.3 is 5.97 Å². The Balaban J connectivity index is 1.58. The molecule has 0 N–H and O–H groups in total. The molecule has 2 saturated heterocycles. The van der Waals surface area contributed by atoms with E-state index in [1.807, 2.05) is 9.80 Å². The Labute approximate surface area is 188 Å². The third-order valence-corrected chi connectivity index (χ3v) is 8.34. The van der Waals surface area contributed by atoms with Gasteiger partial charge in [0.05, 0.1) is 25.9 Å². The molecule has 0 unspecified atom stereocenters. The van der Waals surface area contributed by atoms with E-state index in [1.165, 1.54) is 23.7 Å². The fourth-order valence-electron chi connectivity index (χ4n) is 4.59. The third kappa shape index (κ3) is 4.60. The number of hydrogen-bond donors (Lipinski definition) is 0. The van der Waals surface area contributed by atoms with E-state index >= 15 is 0 Å². The molecule has 1 amide bonds. The van der Waals surface area contributed by atoms with Gasteiger partial charge in [0.2, 0.25) is 15.9 Å². The standard InChI is InChI=1S/C21H30N4O6S/c1-30-21(27)17-14-18(32(28,29)25-10-12-31-13-11-25)19(22-15-17)23-6-8-24(9-7-23)20(26)16-4-2-3-5-16/h14-16H,2-13H2,1H3.